The normalized spacial score (nSPS) is 15.2. The predicted octanol–water partition coefficient (Wildman–Crippen LogP) is 2.92. The van der Waals surface area contributed by atoms with Crippen LogP contribution in [0.5, 0.6) is 0 Å². The van der Waals surface area contributed by atoms with Crippen molar-refractivity contribution >= 4 is 18.0 Å². The lowest BCUT2D eigenvalue weighted by Crippen LogP contribution is -2.46. The number of ether oxygens (including phenoxy) is 2. The average Bonchev–Trinajstić information content (AvgIpc) is 3.00. The largest absolute Gasteiger partial charge is 0.480 e. The Bertz CT molecular complexity index is 890. The number of amides is 2. The van der Waals surface area contributed by atoms with E-state index < -0.39 is 18.1 Å². The van der Waals surface area contributed by atoms with Gasteiger partial charge in [-0.3, -0.25) is 4.79 Å². The Kier molecular flexibility index (Phi) is 8.62. The van der Waals surface area contributed by atoms with Gasteiger partial charge in [-0.15, -0.1) is 0 Å². The molecule has 2 aromatic rings. The lowest BCUT2D eigenvalue weighted by molar-refractivity contribution is -0.150. The van der Waals surface area contributed by atoms with E-state index >= 15 is 0 Å². The highest BCUT2D eigenvalue weighted by atomic mass is 16.6. The van der Waals surface area contributed by atoms with E-state index in [0.29, 0.717) is 6.61 Å². The second-order valence-corrected chi connectivity index (χ2v) is 7.55. The van der Waals surface area contributed by atoms with Crippen molar-refractivity contribution in [2.45, 2.75) is 32.1 Å². The van der Waals surface area contributed by atoms with Crippen LogP contribution < -0.4 is 0 Å². The van der Waals surface area contributed by atoms with E-state index in [1.165, 1.54) is 9.80 Å². The maximum absolute atomic E-state index is 12.6. The van der Waals surface area contributed by atoms with Crippen molar-refractivity contribution in [2.75, 3.05) is 26.2 Å². The fourth-order valence-electron chi connectivity index (χ4n) is 3.53. The second-order valence-electron chi connectivity index (χ2n) is 7.55. The molecule has 0 radical (unpaired) electrons. The SMILES string of the molecule is O=C(O)C(CCOCc1ccccc1)N1CCN(C(=O)OCc2ccccc2)CCC1=O. The van der Waals surface area contributed by atoms with Crippen LogP contribution in [0.15, 0.2) is 60.7 Å². The minimum absolute atomic E-state index is 0.0507. The highest BCUT2D eigenvalue weighted by molar-refractivity contribution is 5.84. The Morgan fingerprint density at radius 1 is 0.906 bits per heavy atom. The molecule has 2 aromatic carbocycles. The minimum atomic E-state index is -1.08. The van der Waals surface area contributed by atoms with Crippen LogP contribution in [0.25, 0.3) is 0 Å². The van der Waals surface area contributed by atoms with Gasteiger partial charge in [-0.05, 0) is 11.1 Å². The van der Waals surface area contributed by atoms with Crippen molar-refractivity contribution in [1.82, 2.24) is 9.80 Å². The number of carboxylic acids is 1. The summed E-state index contributed by atoms with van der Waals surface area (Å²) in [6, 6.07) is 17.9. The highest BCUT2D eigenvalue weighted by Crippen LogP contribution is 2.14. The summed E-state index contributed by atoms with van der Waals surface area (Å²) < 4.78 is 10.9. The molecule has 0 saturated carbocycles. The summed E-state index contributed by atoms with van der Waals surface area (Å²) in [7, 11) is 0. The number of carboxylic acid groups (broad SMARTS) is 1. The number of aliphatic carboxylic acids is 1. The van der Waals surface area contributed by atoms with E-state index in [1.54, 1.807) is 0 Å². The minimum Gasteiger partial charge on any atom is -0.480 e. The van der Waals surface area contributed by atoms with Crippen LogP contribution in [-0.4, -0.2) is 65.2 Å². The summed E-state index contributed by atoms with van der Waals surface area (Å²) in [5.41, 5.74) is 1.87. The van der Waals surface area contributed by atoms with Crippen LogP contribution in [0.4, 0.5) is 4.79 Å². The van der Waals surface area contributed by atoms with Crippen molar-refractivity contribution in [1.29, 1.82) is 0 Å². The molecule has 0 bridgehead atoms. The van der Waals surface area contributed by atoms with Crippen LogP contribution in [0.3, 0.4) is 0 Å². The molecule has 8 nitrogen and oxygen atoms in total. The number of carbonyl (C=O) groups excluding carboxylic acids is 2. The molecule has 0 aliphatic carbocycles. The molecule has 1 atom stereocenters. The van der Waals surface area contributed by atoms with Gasteiger partial charge in [-0.2, -0.15) is 0 Å². The summed E-state index contributed by atoms with van der Waals surface area (Å²) in [5.74, 6) is -1.37. The third-order valence-corrected chi connectivity index (χ3v) is 5.30. The fraction of sp³-hybridized carbons (Fsp3) is 0.375. The molecule has 32 heavy (non-hydrogen) atoms. The Morgan fingerprint density at radius 2 is 1.53 bits per heavy atom. The first-order valence-corrected chi connectivity index (χ1v) is 10.6. The third-order valence-electron chi connectivity index (χ3n) is 5.30. The quantitative estimate of drug-likeness (QED) is 0.603. The first-order valence-electron chi connectivity index (χ1n) is 10.6. The van der Waals surface area contributed by atoms with Gasteiger partial charge in [0.2, 0.25) is 5.91 Å². The Labute approximate surface area is 187 Å². The van der Waals surface area contributed by atoms with Crippen LogP contribution in [0.2, 0.25) is 0 Å². The first-order chi connectivity index (χ1) is 15.5. The van der Waals surface area contributed by atoms with Gasteiger partial charge >= 0.3 is 12.1 Å². The highest BCUT2D eigenvalue weighted by Gasteiger charge is 2.33. The molecule has 1 N–H and O–H groups in total. The maximum atomic E-state index is 12.6. The summed E-state index contributed by atoms with van der Waals surface area (Å²) in [5, 5.41) is 9.68. The third kappa shape index (κ3) is 6.81. The molecular formula is C24H28N2O6. The monoisotopic (exact) mass is 440 g/mol. The van der Waals surface area contributed by atoms with Crippen molar-refractivity contribution in [3.05, 3.63) is 71.8 Å². The van der Waals surface area contributed by atoms with Crippen LogP contribution in [0.1, 0.15) is 24.0 Å². The average molecular weight is 440 g/mol. The van der Waals surface area contributed by atoms with Crippen molar-refractivity contribution in [3.8, 4) is 0 Å². The molecule has 170 valence electrons. The zero-order valence-electron chi connectivity index (χ0n) is 17.9. The van der Waals surface area contributed by atoms with Gasteiger partial charge in [0.25, 0.3) is 0 Å². The summed E-state index contributed by atoms with van der Waals surface area (Å²) in [6.07, 6.45) is -0.289. The number of hydrogen-bond acceptors (Lipinski definition) is 5. The van der Waals surface area contributed by atoms with Crippen molar-refractivity contribution in [3.63, 3.8) is 0 Å². The second kappa shape index (κ2) is 11.9. The molecule has 1 aliphatic rings. The van der Waals surface area contributed by atoms with Gasteiger partial charge in [0.15, 0.2) is 0 Å². The Balaban J connectivity index is 1.50. The summed E-state index contributed by atoms with van der Waals surface area (Å²) >= 11 is 0. The predicted molar refractivity (Wildman–Crippen MR) is 117 cm³/mol. The molecule has 1 saturated heterocycles. The van der Waals surface area contributed by atoms with Gasteiger partial charge in [0.05, 0.1) is 6.61 Å². The molecule has 1 aliphatic heterocycles. The van der Waals surface area contributed by atoms with Gasteiger partial charge in [0, 0.05) is 39.1 Å². The van der Waals surface area contributed by atoms with Gasteiger partial charge in [0.1, 0.15) is 12.6 Å². The fourth-order valence-corrected chi connectivity index (χ4v) is 3.53. The molecule has 2 amide bonds. The zero-order chi connectivity index (χ0) is 22.8. The maximum Gasteiger partial charge on any atom is 0.410 e. The van der Waals surface area contributed by atoms with E-state index in [9.17, 15) is 19.5 Å². The number of hydrogen-bond donors (Lipinski definition) is 1. The molecule has 1 fully saturated rings. The first kappa shape index (κ1) is 23.3. The van der Waals surface area contributed by atoms with Gasteiger partial charge in [-0.25, -0.2) is 9.59 Å². The van der Waals surface area contributed by atoms with E-state index in [-0.39, 0.29) is 51.6 Å². The number of carbonyl (C=O) groups is 3. The van der Waals surface area contributed by atoms with E-state index in [4.69, 9.17) is 9.47 Å². The molecular weight excluding hydrogens is 412 g/mol. The zero-order valence-corrected chi connectivity index (χ0v) is 17.9. The lowest BCUT2D eigenvalue weighted by Gasteiger charge is -2.28. The van der Waals surface area contributed by atoms with Crippen molar-refractivity contribution in [2.24, 2.45) is 0 Å². The summed E-state index contributed by atoms with van der Waals surface area (Å²) in [6.45, 7) is 1.27. The van der Waals surface area contributed by atoms with Crippen LogP contribution >= 0.6 is 0 Å². The number of rotatable bonds is 9. The number of benzene rings is 2. The topological polar surface area (TPSA) is 96.4 Å². The molecule has 3 rings (SSSR count). The van der Waals surface area contributed by atoms with E-state index in [0.717, 1.165) is 11.1 Å². The Hall–Kier alpha value is -3.39. The molecule has 1 unspecified atom stereocenters. The van der Waals surface area contributed by atoms with E-state index in [1.807, 2.05) is 60.7 Å². The smallest absolute Gasteiger partial charge is 0.410 e. The molecule has 0 spiro atoms. The molecule has 0 aromatic heterocycles. The van der Waals surface area contributed by atoms with Gasteiger partial charge < -0.3 is 24.4 Å². The number of nitrogens with zero attached hydrogens (tertiary/aromatic N) is 2. The van der Waals surface area contributed by atoms with Gasteiger partial charge in [-0.1, -0.05) is 60.7 Å². The van der Waals surface area contributed by atoms with Crippen molar-refractivity contribution < 1.29 is 29.0 Å². The lowest BCUT2D eigenvalue weighted by atomic mass is 10.1. The van der Waals surface area contributed by atoms with Crippen LogP contribution in [0, 0.1) is 0 Å². The molecule has 1 heterocycles. The molecule has 8 heteroatoms. The van der Waals surface area contributed by atoms with E-state index in [2.05, 4.69) is 0 Å². The standard InChI is InChI=1S/C24H28N2O6/c27-22-11-13-25(24(30)32-18-20-9-5-2-6-10-20)14-15-26(22)21(23(28)29)12-16-31-17-19-7-3-1-4-8-19/h1-10,21H,11-18H2,(H,28,29). The summed E-state index contributed by atoms with van der Waals surface area (Å²) in [4.78, 5) is 39.7. The van der Waals surface area contributed by atoms with Crippen LogP contribution in [-0.2, 0) is 32.3 Å². The Morgan fingerprint density at radius 3 is 2.16 bits per heavy atom.